The normalized spacial score (nSPS) is 11.0. The van der Waals surface area contributed by atoms with Crippen LogP contribution in [0, 0.1) is 6.92 Å². The van der Waals surface area contributed by atoms with Crippen molar-refractivity contribution < 1.29 is 9.37 Å². The topological polar surface area (TPSA) is 102 Å². The van der Waals surface area contributed by atoms with Gasteiger partial charge in [-0.25, -0.2) is 14.6 Å². The van der Waals surface area contributed by atoms with Crippen LogP contribution < -0.4 is 10.2 Å². The van der Waals surface area contributed by atoms with E-state index in [2.05, 4.69) is 30.6 Å². The van der Waals surface area contributed by atoms with Crippen molar-refractivity contribution in [3.8, 4) is 0 Å². The molecule has 0 saturated heterocycles. The van der Waals surface area contributed by atoms with Gasteiger partial charge in [-0.3, -0.25) is 4.98 Å². The van der Waals surface area contributed by atoms with Crippen LogP contribution in [0.2, 0.25) is 0 Å². The zero-order chi connectivity index (χ0) is 16.9. The van der Waals surface area contributed by atoms with Gasteiger partial charge in [0.05, 0.1) is 6.61 Å². The summed E-state index contributed by atoms with van der Waals surface area (Å²) >= 11 is 0. The molecule has 24 heavy (non-hydrogen) atoms. The molecule has 0 bridgehead atoms. The van der Waals surface area contributed by atoms with E-state index in [1.165, 1.54) is 0 Å². The SMILES string of the molecule is COCCNc1nc2nonc2nc1N(C)Cc1ccncc1C. The molecule has 0 aliphatic rings. The van der Waals surface area contributed by atoms with Crippen LogP contribution in [-0.4, -0.2) is 52.6 Å². The van der Waals surface area contributed by atoms with Crippen molar-refractivity contribution in [2.75, 3.05) is 37.5 Å². The summed E-state index contributed by atoms with van der Waals surface area (Å²) in [5.74, 6) is 1.29. The molecule has 0 aromatic carbocycles. The molecule has 0 aliphatic heterocycles. The fourth-order valence-electron chi connectivity index (χ4n) is 2.30. The first kappa shape index (κ1) is 16.1. The van der Waals surface area contributed by atoms with Gasteiger partial charge in [-0.1, -0.05) is 0 Å². The minimum Gasteiger partial charge on any atom is -0.383 e. The Labute approximate surface area is 139 Å². The Morgan fingerprint density at radius 3 is 2.79 bits per heavy atom. The highest BCUT2D eigenvalue weighted by Gasteiger charge is 2.16. The van der Waals surface area contributed by atoms with Crippen LogP contribution in [0.4, 0.5) is 11.6 Å². The first-order valence-electron chi connectivity index (χ1n) is 7.52. The van der Waals surface area contributed by atoms with Crippen molar-refractivity contribution in [1.29, 1.82) is 0 Å². The number of ether oxygens (including phenoxy) is 1. The third kappa shape index (κ3) is 3.40. The van der Waals surface area contributed by atoms with E-state index in [-0.39, 0.29) is 0 Å². The molecule has 0 aliphatic carbocycles. The van der Waals surface area contributed by atoms with Gasteiger partial charge in [0.1, 0.15) is 0 Å². The molecule has 1 N–H and O–H groups in total. The Morgan fingerprint density at radius 2 is 2.04 bits per heavy atom. The molecule has 3 heterocycles. The smallest absolute Gasteiger partial charge is 0.245 e. The predicted molar refractivity (Wildman–Crippen MR) is 88.8 cm³/mol. The molecule has 0 atom stereocenters. The van der Waals surface area contributed by atoms with E-state index in [0.717, 1.165) is 11.1 Å². The number of methoxy groups -OCH3 is 1. The second-order valence-electron chi connectivity index (χ2n) is 5.39. The molecule has 3 aromatic heterocycles. The number of fused-ring (bicyclic) bond motifs is 1. The number of anilines is 2. The number of nitrogens with zero attached hydrogens (tertiary/aromatic N) is 6. The number of pyridine rings is 1. The maximum Gasteiger partial charge on any atom is 0.245 e. The molecule has 9 heteroatoms. The summed E-state index contributed by atoms with van der Waals surface area (Å²) in [6, 6.07) is 1.99. The van der Waals surface area contributed by atoms with E-state index < -0.39 is 0 Å². The van der Waals surface area contributed by atoms with Gasteiger partial charge in [-0.15, -0.1) is 0 Å². The van der Waals surface area contributed by atoms with E-state index in [1.54, 1.807) is 13.3 Å². The molecule has 0 unspecified atom stereocenters. The van der Waals surface area contributed by atoms with Crippen molar-refractivity contribution in [2.45, 2.75) is 13.5 Å². The zero-order valence-electron chi connectivity index (χ0n) is 13.9. The molecular weight excluding hydrogens is 310 g/mol. The lowest BCUT2D eigenvalue weighted by Crippen LogP contribution is -2.22. The fourth-order valence-corrected chi connectivity index (χ4v) is 2.30. The van der Waals surface area contributed by atoms with E-state index in [1.807, 2.05) is 31.1 Å². The Bertz CT molecular complexity index is 820. The summed E-state index contributed by atoms with van der Waals surface area (Å²) in [4.78, 5) is 15.1. The van der Waals surface area contributed by atoms with Gasteiger partial charge in [0, 0.05) is 39.6 Å². The predicted octanol–water partition coefficient (Wildman–Crippen LogP) is 1.41. The Balaban J connectivity index is 1.90. The molecule has 0 spiro atoms. The number of rotatable bonds is 7. The van der Waals surface area contributed by atoms with Crippen LogP contribution in [-0.2, 0) is 11.3 Å². The quantitative estimate of drug-likeness (QED) is 0.644. The second-order valence-corrected chi connectivity index (χ2v) is 5.39. The lowest BCUT2D eigenvalue weighted by Gasteiger charge is -2.21. The first-order valence-corrected chi connectivity index (χ1v) is 7.52. The maximum atomic E-state index is 5.07. The van der Waals surface area contributed by atoms with Gasteiger partial charge in [-0.05, 0) is 34.4 Å². The number of hydrogen-bond acceptors (Lipinski definition) is 9. The summed E-state index contributed by atoms with van der Waals surface area (Å²) in [7, 11) is 3.60. The fraction of sp³-hybridized carbons (Fsp3) is 0.400. The molecule has 3 rings (SSSR count). The molecular formula is C15H19N7O2. The summed E-state index contributed by atoms with van der Waals surface area (Å²) in [6.45, 7) is 3.86. The zero-order valence-corrected chi connectivity index (χ0v) is 13.9. The van der Waals surface area contributed by atoms with Gasteiger partial charge >= 0.3 is 0 Å². The number of nitrogens with one attached hydrogen (secondary N) is 1. The Kier molecular flexibility index (Phi) is 4.80. The summed E-state index contributed by atoms with van der Waals surface area (Å²) < 4.78 is 9.78. The summed E-state index contributed by atoms with van der Waals surface area (Å²) in [5, 5.41) is 10.7. The lowest BCUT2D eigenvalue weighted by atomic mass is 10.1. The highest BCUT2D eigenvalue weighted by Crippen LogP contribution is 2.24. The van der Waals surface area contributed by atoms with Crippen molar-refractivity contribution in [3.63, 3.8) is 0 Å². The summed E-state index contributed by atoms with van der Waals surface area (Å²) in [6.07, 6.45) is 3.63. The Morgan fingerprint density at radius 1 is 1.25 bits per heavy atom. The molecule has 0 amide bonds. The minimum atomic E-state index is 0.368. The minimum absolute atomic E-state index is 0.368. The van der Waals surface area contributed by atoms with Gasteiger partial charge in [-0.2, -0.15) is 0 Å². The van der Waals surface area contributed by atoms with Crippen molar-refractivity contribution in [2.24, 2.45) is 0 Å². The van der Waals surface area contributed by atoms with Crippen molar-refractivity contribution in [1.82, 2.24) is 25.3 Å². The van der Waals surface area contributed by atoms with Crippen LogP contribution in [0.5, 0.6) is 0 Å². The van der Waals surface area contributed by atoms with E-state index in [0.29, 0.717) is 42.6 Å². The number of aryl methyl sites for hydroxylation is 1. The molecule has 3 aromatic rings. The lowest BCUT2D eigenvalue weighted by molar-refractivity contribution is 0.210. The van der Waals surface area contributed by atoms with Gasteiger partial charge in [0.25, 0.3) is 0 Å². The Hall–Kier alpha value is -2.81. The van der Waals surface area contributed by atoms with Crippen LogP contribution in [0.15, 0.2) is 23.1 Å². The maximum absolute atomic E-state index is 5.07. The van der Waals surface area contributed by atoms with Crippen molar-refractivity contribution in [3.05, 3.63) is 29.6 Å². The van der Waals surface area contributed by atoms with Crippen molar-refractivity contribution >= 4 is 22.9 Å². The average molecular weight is 329 g/mol. The highest BCUT2D eigenvalue weighted by molar-refractivity contribution is 5.73. The molecule has 0 fully saturated rings. The van der Waals surface area contributed by atoms with Gasteiger partial charge in [0.15, 0.2) is 11.6 Å². The van der Waals surface area contributed by atoms with Crippen LogP contribution in [0.1, 0.15) is 11.1 Å². The summed E-state index contributed by atoms with van der Waals surface area (Å²) in [5.41, 5.74) is 3.03. The molecule has 126 valence electrons. The van der Waals surface area contributed by atoms with Gasteiger partial charge in [0.2, 0.25) is 11.3 Å². The van der Waals surface area contributed by atoms with E-state index in [4.69, 9.17) is 9.37 Å². The van der Waals surface area contributed by atoms with Gasteiger partial charge < -0.3 is 15.0 Å². The highest BCUT2D eigenvalue weighted by atomic mass is 16.6. The first-order chi connectivity index (χ1) is 11.7. The third-order valence-corrected chi connectivity index (χ3v) is 3.60. The van der Waals surface area contributed by atoms with E-state index in [9.17, 15) is 0 Å². The number of hydrogen-bond donors (Lipinski definition) is 1. The molecule has 0 saturated carbocycles. The third-order valence-electron chi connectivity index (χ3n) is 3.60. The average Bonchev–Trinajstić information content (AvgIpc) is 3.03. The van der Waals surface area contributed by atoms with Crippen LogP contribution >= 0.6 is 0 Å². The van der Waals surface area contributed by atoms with Crippen LogP contribution in [0.3, 0.4) is 0 Å². The molecule has 9 nitrogen and oxygen atoms in total. The van der Waals surface area contributed by atoms with E-state index >= 15 is 0 Å². The monoisotopic (exact) mass is 329 g/mol. The number of aromatic nitrogens is 5. The largest absolute Gasteiger partial charge is 0.383 e. The van der Waals surface area contributed by atoms with Crippen LogP contribution in [0.25, 0.3) is 11.3 Å². The molecule has 0 radical (unpaired) electrons. The standard InChI is InChI=1S/C15H19N7O2/c1-10-8-16-5-4-11(10)9-22(2)15-14(17-6-7-23-3)18-12-13(19-15)21-24-20-12/h4-5,8H,6-7,9H2,1-3H3,(H,17,18,20). The second kappa shape index (κ2) is 7.18.